The highest BCUT2D eigenvalue weighted by Gasteiger charge is 2.35. The fourth-order valence-electron chi connectivity index (χ4n) is 6.00. The molecule has 1 N–H and O–H groups in total. The molecule has 0 bridgehead atoms. The maximum absolute atomic E-state index is 14.7. The van der Waals surface area contributed by atoms with E-state index in [1.54, 1.807) is 18.6 Å². The second-order valence-electron chi connectivity index (χ2n) is 9.62. The van der Waals surface area contributed by atoms with Crippen LogP contribution in [-0.2, 0) is 6.54 Å². The largest absolute Gasteiger partial charge is 0.393 e. The molecule has 3 heterocycles. The SMILES string of the molecule is CCn1cc2cc(C3CCC(C(O)CC4c5c(F)cccc5-c5cncn54)CC3)ccc2n1. The van der Waals surface area contributed by atoms with Gasteiger partial charge in [0.2, 0.25) is 0 Å². The van der Waals surface area contributed by atoms with Crippen molar-refractivity contribution in [2.75, 3.05) is 0 Å². The zero-order valence-corrected chi connectivity index (χ0v) is 18.9. The lowest BCUT2D eigenvalue weighted by Gasteiger charge is -2.33. The Labute approximate surface area is 192 Å². The highest BCUT2D eigenvalue weighted by molar-refractivity contribution is 5.79. The predicted molar refractivity (Wildman–Crippen MR) is 126 cm³/mol. The normalized spacial score (nSPS) is 22.9. The summed E-state index contributed by atoms with van der Waals surface area (Å²) in [7, 11) is 0. The van der Waals surface area contributed by atoms with Crippen LogP contribution in [-0.4, -0.2) is 30.5 Å². The number of benzene rings is 2. The Morgan fingerprint density at radius 3 is 2.82 bits per heavy atom. The second-order valence-corrected chi connectivity index (χ2v) is 9.62. The first-order valence-electron chi connectivity index (χ1n) is 12.1. The van der Waals surface area contributed by atoms with E-state index in [0.29, 0.717) is 17.9 Å². The van der Waals surface area contributed by atoms with Crippen molar-refractivity contribution in [3.63, 3.8) is 0 Å². The molecule has 1 aliphatic carbocycles. The van der Waals surface area contributed by atoms with Crippen molar-refractivity contribution in [2.45, 2.75) is 63.6 Å². The average molecular weight is 445 g/mol. The zero-order valence-electron chi connectivity index (χ0n) is 18.9. The van der Waals surface area contributed by atoms with E-state index in [4.69, 9.17) is 0 Å². The molecule has 1 aliphatic heterocycles. The quantitative estimate of drug-likeness (QED) is 0.430. The number of aryl methyl sites for hydroxylation is 1. The van der Waals surface area contributed by atoms with Gasteiger partial charge in [-0.15, -0.1) is 0 Å². The van der Waals surface area contributed by atoms with Crippen LogP contribution in [0.25, 0.3) is 22.2 Å². The molecule has 2 aromatic carbocycles. The van der Waals surface area contributed by atoms with E-state index in [0.717, 1.165) is 49.0 Å². The van der Waals surface area contributed by atoms with Crippen molar-refractivity contribution in [2.24, 2.45) is 5.92 Å². The van der Waals surface area contributed by atoms with Gasteiger partial charge in [0.25, 0.3) is 0 Å². The number of halogens is 1. The van der Waals surface area contributed by atoms with Crippen LogP contribution < -0.4 is 0 Å². The topological polar surface area (TPSA) is 55.9 Å². The number of aliphatic hydroxyl groups is 1. The molecular weight excluding hydrogens is 415 g/mol. The summed E-state index contributed by atoms with van der Waals surface area (Å²) < 4.78 is 18.7. The third kappa shape index (κ3) is 3.48. The van der Waals surface area contributed by atoms with Crippen LogP contribution in [0.4, 0.5) is 4.39 Å². The Morgan fingerprint density at radius 2 is 2.00 bits per heavy atom. The van der Waals surface area contributed by atoms with Gasteiger partial charge in [-0.05, 0) is 74.6 Å². The van der Waals surface area contributed by atoms with Gasteiger partial charge in [-0.3, -0.25) is 4.68 Å². The molecule has 2 aromatic heterocycles. The van der Waals surface area contributed by atoms with Crippen LogP contribution in [0.1, 0.15) is 62.1 Å². The first-order chi connectivity index (χ1) is 16.1. The monoisotopic (exact) mass is 444 g/mol. The van der Waals surface area contributed by atoms with Gasteiger partial charge in [0.05, 0.1) is 35.9 Å². The van der Waals surface area contributed by atoms with Crippen molar-refractivity contribution in [1.29, 1.82) is 0 Å². The number of hydrogen-bond acceptors (Lipinski definition) is 3. The highest BCUT2D eigenvalue weighted by Crippen LogP contribution is 2.45. The number of imidazole rings is 1. The third-order valence-electron chi connectivity index (χ3n) is 7.82. The number of aliphatic hydroxyl groups excluding tert-OH is 1. The Hall–Kier alpha value is -2.99. The maximum atomic E-state index is 14.7. The first kappa shape index (κ1) is 20.6. The van der Waals surface area contributed by atoms with Gasteiger partial charge < -0.3 is 9.67 Å². The van der Waals surface area contributed by atoms with Crippen LogP contribution >= 0.6 is 0 Å². The van der Waals surface area contributed by atoms with E-state index in [2.05, 4.69) is 41.4 Å². The fraction of sp³-hybridized carbons (Fsp3) is 0.407. The summed E-state index contributed by atoms with van der Waals surface area (Å²) in [6.07, 6.45) is 9.87. The summed E-state index contributed by atoms with van der Waals surface area (Å²) in [6, 6.07) is 11.7. The summed E-state index contributed by atoms with van der Waals surface area (Å²) in [4.78, 5) is 4.27. The Kier molecular flexibility index (Phi) is 5.06. The molecule has 2 aliphatic rings. The molecule has 1 fully saturated rings. The first-order valence-corrected chi connectivity index (χ1v) is 12.1. The minimum atomic E-state index is -0.456. The summed E-state index contributed by atoms with van der Waals surface area (Å²) in [5.74, 6) is 0.572. The Bertz CT molecular complexity index is 1300. The van der Waals surface area contributed by atoms with E-state index in [9.17, 15) is 9.50 Å². The smallest absolute Gasteiger partial charge is 0.129 e. The van der Waals surface area contributed by atoms with Crippen molar-refractivity contribution < 1.29 is 9.50 Å². The molecule has 2 unspecified atom stereocenters. The van der Waals surface area contributed by atoms with Crippen LogP contribution in [0.5, 0.6) is 0 Å². The van der Waals surface area contributed by atoms with E-state index >= 15 is 0 Å². The van der Waals surface area contributed by atoms with Crippen LogP contribution in [0.15, 0.2) is 55.1 Å². The molecule has 5 nitrogen and oxygen atoms in total. The summed E-state index contributed by atoms with van der Waals surface area (Å²) >= 11 is 0. The standard InChI is InChI=1S/C27H29FN4O/c1-2-31-15-20-12-19(10-11-23(20)30-31)17-6-8-18(9-7-17)26(33)13-24-27-21(4-3-5-22(27)28)25-14-29-16-32(24)25/h3-5,10-12,14-18,24,26,33H,2,6-9,13H2,1H3. The molecule has 1 saturated carbocycles. The molecule has 2 atom stereocenters. The minimum absolute atomic E-state index is 0.191. The van der Waals surface area contributed by atoms with Crippen molar-refractivity contribution in [3.8, 4) is 11.3 Å². The highest BCUT2D eigenvalue weighted by atomic mass is 19.1. The van der Waals surface area contributed by atoms with Crippen LogP contribution in [0.3, 0.4) is 0 Å². The van der Waals surface area contributed by atoms with Gasteiger partial charge in [0, 0.05) is 29.3 Å². The molecule has 6 rings (SSSR count). The van der Waals surface area contributed by atoms with Gasteiger partial charge in [-0.25, -0.2) is 9.37 Å². The molecule has 4 aromatic rings. The molecular formula is C27H29FN4O. The number of aromatic nitrogens is 4. The fourth-order valence-corrected chi connectivity index (χ4v) is 6.00. The number of fused-ring (bicyclic) bond motifs is 4. The van der Waals surface area contributed by atoms with Gasteiger partial charge in [-0.1, -0.05) is 18.2 Å². The molecule has 6 heteroatoms. The number of rotatable bonds is 5. The minimum Gasteiger partial charge on any atom is -0.393 e. The Balaban J connectivity index is 1.15. The molecule has 0 spiro atoms. The average Bonchev–Trinajstić information content (AvgIpc) is 3.54. The molecule has 0 saturated heterocycles. The third-order valence-corrected chi connectivity index (χ3v) is 7.82. The van der Waals surface area contributed by atoms with Crippen molar-refractivity contribution in [1.82, 2.24) is 19.3 Å². The van der Waals surface area contributed by atoms with E-state index in [1.165, 1.54) is 17.0 Å². The van der Waals surface area contributed by atoms with Crippen LogP contribution in [0.2, 0.25) is 0 Å². The van der Waals surface area contributed by atoms with Gasteiger partial charge in [0.1, 0.15) is 5.82 Å². The van der Waals surface area contributed by atoms with E-state index in [-0.39, 0.29) is 17.8 Å². The van der Waals surface area contributed by atoms with Gasteiger partial charge in [0.15, 0.2) is 0 Å². The van der Waals surface area contributed by atoms with Crippen molar-refractivity contribution >= 4 is 10.9 Å². The Morgan fingerprint density at radius 1 is 1.15 bits per heavy atom. The summed E-state index contributed by atoms with van der Waals surface area (Å²) in [5.41, 5.74) is 4.96. The van der Waals surface area contributed by atoms with Gasteiger partial charge >= 0.3 is 0 Å². The lowest BCUT2D eigenvalue weighted by molar-refractivity contribution is 0.0650. The zero-order chi connectivity index (χ0) is 22.5. The molecule has 33 heavy (non-hydrogen) atoms. The summed E-state index contributed by atoms with van der Waals surface area (Å²) in [5, 5.41) is 17.0. The number of nitrogens with zero attached hydrogens (tertiary/aromatic N) is 4. The predicted octanol–water partition coefficient (Wildman–Crippen LogP) is 5.69. The number of hydrogen-bond donors (Lipinski definition) is 1. The van der Waals surface area contributed by atoms with Gasteiger partial charge in [-0.2, -0.15) is 5.10 Å². The lowest BCUT2D eigenvalue weighted by Crippen LogP contribution is -2.28. The summed E-state index contributed by atoms with van der Waals surface area (Å²) in [6.45, 7) is 2.98. The second kappa shape index (κ2) is 8.10. The molecule has 0 radical (unpaired) electrons. The molecule has 0 amide bonds. The maximum Gasteiger partial charge on any atom is 0.129 e. The van der Waals surface area contributed by atoms with E-state index < -0.39 is 6.10 Å². The molecule has 170 valence electrons. The van der Waals surface area contributed by atoms with Crippen molar-refractivity contribution in [3.05, 3.63) is 72.1 Å². The van der Waals surface area contributed by atoms with Crippen LogP contribution in [0, 0.1) is 11.7 Å². The lowest BCUT2D eigenvalue weighted by atomic mass is 9.75. The van der Waals surface area contributed by atoms with E-state index in [1.807, 2.05) is 15.3 Å².